The van der Waals surface area contributed by atoms with Crippen LogP contribution in [0.3, 0.4) is 0 Å². The van der Waals surface area contributed by atoms with Crippen LogP contribution < -0.4 is 26.2 Å². The van der Waals surface area contributed by atoms with Crippen molar-refractivity contribution in [1.82, 2.24) is 16.0 Å². The summed E-state index contributed by atoms with van der Waals surface area (Å²) >= 11 is 0. The van der Waals surface area contributed by atoms with Crippen LogP contribution in [0, 0.1) is 0 Å². The van der Waals surface area contributed by atoms with E-state index in [0.29, 0.717) is 25.2 Å². The van der Waals surface area contributed by atoms with Crippen molar-refractivity contribution in [2.75, 3.05) is 29.9 Å². The first-order valence-corrected chi connectivity index (χ1v) is 15.4. The molecule has 4 amide bonds. The Morgan fingerprint density at radius 1 is 1.02 bits per heavy atom. The van der Waals surface area contributed by atoms with Gasteiger partial charge in [-0.1, -0.05) is 67.6 Å². The molecule has 1 heterocycles. The number of hydrogen-bond donors (Lipinski definition) is 6. The van der Waals surface area contributed by atoms with E-state index in [9.17, 15) is 19.5 Å². The van der Waals surface area contributed by atoms with E-state index in [4.69, 9.17) is 5.11 Å². The molecule has 0 radical (unpaired) electrons. The highest BCUT2D eigenvalue weighted by molar-refractivity contribution is 6.01. The van der Waals surface area contributed by atoms with Crippen molar-refractivity contribution in [3.05, 3.63) is 83.9 Å². The molecule has 10 nitrogen and oxygen atoms in total. The fourth-order valence-corrected chi connectivity index (χ4v) is 5.61. The van der Waals surface area contributed by atoms with Crippen LogP contribution >= 0.6 is 0 Å². The maximum absolute atomic E-state index is 14.1. The van der Waals surface area contributed by atoms with Gasteiger partial charge in [-0.05, 0) is 61.9 Å². The number of amides is 4. The molecule has 0 saturated carbocycles. The van der Waals surface area contributed by atoms with Gasteiger partial charge in [-0.3, -0.25) is 9.59 Å². The molecular formula is C35H45N5O5. The van der Waals surface area contributed by atoms with E-state index in [1.54, 1.807) is 11.8 Å². The van der Waals surface area contributed by atoms with Crippen LogP contribution in [-0.2, 0) is 16.1 Å². The lowest BCUT2D eigenvalue weighted by atomic mass is 9.93. The second kappa shape index (κ2) is 15.2. The molecule has 1 aliphatic heterocycles. The minimum atomic E-state index is -0.693. The number of rotatable bonds is 12. The van der Waals surface area contributed by atoms with Gasteiger partial charge in [0.05, 0.1) is 24.9 Å². The summed E-state index contributed by atoms with van der Waals surface area (Å²) < 4.78 is 0. The number of anilines is 2. The standard InChI is InChI=1S/C35H45N5O5/c1-23-19-30(38-32(43)20-35(3,4)37-21-24(2)42)33(44)40(31-12-8-6-9-27(23)31)22-25-13-15-26(16-14-25)28-10-5-7-11-29(28)39-34(45)36-17-18-41/h5-16,23-24,30,37,41-42H,17-22H2,1-4H3,(H,38,43)(H2,36,39,45). The second-order valence-electron chi connectivity index (χ2n) is 12.4. The first-order chi connectivity index (χ1) is 21.5. The zero-order chi connectivity index (χ0) is 32.6. The predicted molar refractivity (Wildman–Crippen MR) is 177 cm³/mol. The molecule has 3 atom stereocenters. The number of β-amino-alcohol motifs (C(OH)–C–C–N with tert-alkyl or cyclic N) is 1. The van der Waals surface area contributed by atoms with Gasteiger partial charge in [0.1, 0.15) is 6.04 Å². The van der Waals surface area contributed by atoms with Crippen molar-refractivity contribution in [2.45, 2.75) is 70.7 Å². The van der Waals surface area contributed by atoms with Crippen molar-refractivity contribution in [2.24, 2.45) is 0 Å². The van der Waals surface area contributed by atoms with Crippen LogP contribution in [0.4, 0.5) is 16.2 Å². The van der Waals surface area contributed by atoms with Crippen LogP contribution in [0.5, 0.6) is 0 Å². The second-order valence-corrected chi connectivity index (χ2v) is 12.4. The zero-order valence-electron chi connectivity index (χ0n) is 26.5. The van der Waals surface area contributed by atoms with E-state index in [-0.39, 0.29) is 37.3 Å². The highest BCUT2D eigenvalue weighted by atomic mass is 16.3. The Labute approximate surface area is 265 Å². The molecular weight excluding hydrogens is 570 g/mol. The van der Waals surface area contributed by atoms with E-state index in [1.165, 1.54) is 0 Å². The minimum absolute atomic E-state index is 0.0442. The van der Waals surface area contributed by atoms with Crippen molar-refractivity contribution >= 4 is 29.2 Å². The van der Waals surface area contributed by atoms with Crippen LogP contribution in [-0.4, -0.2) is 65.4 Å². The fraction of sp³-hybridized carbons (Fsp3) is 0.400. The molecule has 10 heteroatoms. The third-order valence-electron chi connectivity index (χ3n) is 7.90. The zero-order valence-corrected chi connectivity index (χ0v) is 26.5. The summed E-state index contributed by atoms with van der Waals surface area (Å²) in [6, 6.07) is 22.1. The van der Waals surface area contributed by atoms with Crippen molar-refractivity contribution in [3.63, 3.8) is 0 Å². The fourth-order valence-electron chi connectivity index (χ4n) is 5.61. The molecule has 0 aromatic heterocycles. The van der Waals surface area contributed by atoms with Gasteiger partial charge in [-0.25, -0.2) is 4.79 Å². The molecule has 3 aromatic carbocycles. The Morgan fingerprint density at radius 3 is 2.42 bits per heavy atom. The number of aliphatic hydroxyl groups excluding tert-OH is 2. The van der Waals surface area contributed by atoms with Gasteiger partial charge in [-0.15, -0.1) is 0 Å². The van der Waals surface area contributed by atoms with Crippen LogP contribution in [0.15, 0.2) is 72.8 Å². The summed E-state index contributed by atoms with van der Waals surface area (Å²) in [5.41, 5.74) is 4.61. The molecule has 6 N–H and O–H groups in total. The normalized spacial score (nSPS) is 17.2. The summed E-state index contributed by atoms with van der Waals surface area (Å²) in [6.07, 6.45) is 0.105. The highest BCUT2D eigenvalue weighted by Gasteiger charge is 2.35. The van der Waals surface area contributed by atoms with Gasteiger partial charge in [0.25, 0.3) is 0 Å². The highest BCUT2D eigenvalue weighted by Crippen LogP contribution is 2.36. The van der Waals surface area contributed by atoms with Gasteiger partial charge in [0.15, 0.2) is 0 Å². The van der Waals surface area contributed by atoms with Gasteiger partial charge in [-0.2, -0.15) is 0 Å². The number of fused-ring (bicyclic) bond motifs is 1. The maximum atomic E-state index is 14.1. The molecule has 45 heavy (non-hydrogen) atoms. The van der Waals surface area contributed by atoms with E-state index < -0.39 is 23.7 Å². The summed E-state index contributed by atoms with van der Waals surface area (Å²) in [4.78, 5) is 41.2. The molecule has 1 aliphatic rings. The van der Waals surface area contributed by atoms with Gasteiger partial charge in [0, 0.05) is 36.3 Å². The molecule has 0 spiro atoms. The van der Waals surface area contributed by atoms with Crippen molar-refractivity contribution < 1.29 is 24.6 Å². The molecule has 0 fully saturated rings. The first kappa shape index (κ1) is 33.6. The molecule has 0 bridgehead atoms. The Balaban J connectivity index is 1.54. The third kappa shape index (κ3) is 9.13. The number of hydrogen-bond acceptors (Lipinski definition) is 6. The number of carbonyl (C=O) groups is 3. The summed E-state index contributed by atoms with van der Waals surface area (Å²) in [6.45, 7) is 8.26. The van der Waals surface area contributed by atoms with Crippen molar-refractivity contribution in [1.29, 1.82) is 0 Å². The molecule has 0 aliphatic carbocycles. The minimum Gasteiger partial charge on any atom is -0.395 e. The lowest BCUT2D eigenvalue weighted by Gasteiger charge is -2.29. The van der Waals surface area contributed by atoms with Gasteiger partial charge < -0.3 is 36.4 Å². The number of nitrogens with zero attached hydrogens (tertiary/aromatic N) is 1. The van der Waals surface area contributed by atoms with E-state index >= 15 is 0 Å². The SMILES string of the molecule is CC(O)CNC(C)(C)CC(=O)NC1CC(C)c2ccccc2N(Cc2ccc(-c3ccccc3NC(=O)NCCO)cc2)C1=O. The largest absolute Gasteiger partial charge is 0.395 e. The van der Waals surface area contributed by atoms with E-state index in [0.717, 1.165) is 27.9 Å². The number of benzene rings is 3. The summed E-state index contributed by atoms with van der Waals surface area (Å²) in [5, 5.41) is 30.3. The Hall–Kier alpha value is -4.25. The lowest BCUT2D eigenvalue weighted by molar-refractivity contribution is -0.128. The number of aliphatic hydroxyl groups is 2. The number of nitrogens with one attached hydrogen (secondary N) is 4. The quantitative estimate of drug-likeness (QED) is 0.181. The Morgan fingerprint density at radius 2 is 1.71 bits per heavy atom. The van der Waals surface area contributed by atoms with Crippen molar-refractivity contribution in [3.8, 4) is 11.1 Å². The molecule has 3 unspecified atom stereocenters. The number of para-hydroxylation sites is 2. The molecule has 0 saturated heterocycles. The monoisotopic (exact) mass is 615 g/mol. The molecule has 4 rings (SSSR count). The first-order valence-electron chi connectivity index (χ1n) is 15.4. The average molecular weight is 616 g/mol. The smallest absolute Gasteiger partial charge is 0.319 e. The van der Waals surface area contributed by atoms with E-state index in [2.05, 4.69) is 28.2 Å². The molecule has 240 valence electrons. The predicted octanol–water partition coefficient (Wildman–Crippen LogP) is 4.13. The van der Waals surface area contributed by atoms with E-state index in [1.807, 2.05) is 86.6 Å². The van der Waals surface area contributed by atoms with Gasteiger partial charge >= 0.3 is 6.03 Å². The number of urea groups is 1. The lowest BCUT2D eigenvalue weighted by Crippen LogP contribution is -2.51. The maximum Gasteiger partial charge on any atom is 0.319 e. The van der Waals surface area contributed by atoms with Crippen LogP contribution in [0.2, 0.25) is 0 Å². The topological polar surface area (TPSA) is 143 Å². The Kier molecular flexibility index (Phi) is 11.3. The summed E-state index contributed by atoms with van der Waals surface area (Å²) in [7, 11) is 0. The Bertz CT molecular complexity index is 1470. The average Bonchev–Trinajstić information content (AvgIpc) is 3.10. The van der Waals surface area contributed by atoms with Crippen LogP contribution in [0.1, 0.15) is 57.6 Å². The van der Waals surface area contributed by atoms with Crippen LogP contribution in [0.25, 0.3) is 11.1 Å². The van der Waals surface area contributed by atoms with Gasteiger partial charge in [0.2, 0.25) is 11.8 Å². The number of carbonyl (C=O) groups excluding carboxylic acids is 3. The molecule has 3 aromatic rings. The summed E-state index contributed by atoms with van der Waals surface area (Å²) in [5.74, 6) is -0.346. The third-order valence-corrected chi connectivity index (χ3v) is 7.90.